The molecule has 0 aliphatic heterocycles. The number of fused-ring (bicyclic) bond motifs is 6. The molecule has 3 nitrogen and oxygen atoms in total. The third-order valence-corrected chi connectivity index (χ3v) is 10.4. The van der Waals surface area contributed by atoms with Crippen molar-refractivity contribution in [3.63, 3.8) is 0 Å². The smallest absolute Gasteiger partial charge is 0.137 e. The zero-order valence-corrected chi connectivity index (χ0v) is 27.5. The Morgan fingerprint density at radius 2 is 0.902 bits per heavy atom. The van der Waals surface area contributed by atoms with Gasteiger partial charge in [-0.1, -0.05) is 103 Å². The molecule has 0 saturated carbocycles. The van der Waals surface area contributed by atoms with E-state index in [1.807, 2.05) is 24.3 Å². The Kier molecular flexibility index (Phi) is 5.96. The molecule has 0 fully saturated rings. The first kappa shape index (κ1) is 28.0. The Hall–Kier alpha value is -6.84. The van der Waals surface area contributed by atoms with Gasteiger partial charge in [0, 0.05) is 50.7 Å². The number of para-hydroxylation sites is 2. The van der Waals surface area contributed by atoms with E-state index in [2.05, 4.69) is 157 Å². The van der Waals surface area contributed by atoms with Crippen LogP contribution in [0.5, 0.6) is 0 Å². The molecule has 0 unspecified atom stereocenters. The van der Waals surface area contributed by atoms with Gasteiger partial charge in [0.25, 0.3) is 0 Å². The van der Waals surface area contributed by atoms with E-state index in [1.165, 1.54) is 44.2 Å². The average Bonchev–Trinajstić information content (AvgIpc) is 3.89. The molecule has 0 saturated heterocycles. The highest BCUT2D eigenvalue weighted by Crippen LogP contribution is 2.43. The monoisotopic (exact) mass is 651 g/mol. The number of hydrogen-bond donors (Lipinski definition) is 0. The van der Waals surface area contributed by atoms with Crippen molar-refractivity contribution in [3.8, 4) is 22.3 Å². The largest absolute Gasteiger partial charge is 0.456 e. The summed E-state index contributed by atoms with van der Waals surface area (Å²) in [7, 11) is 0. The number of benzene rings is 8. The number of anilines is 3. The van der Waals surface area contributed by atoms with Crippen molar-refractivity contribution in [1.29, 1.82) is 0 Å². The second-order valence-electron chi connectivity index (χ2n) is 13.3. The molecule has 0 N–H and O–H groups in total. The highest BCUT2D eigenvalue weighted by Gasteiger charge is 2.19. The molecule has 51 heavy (non-hydrogen) atoms. The summed E-state index contributed by atoms with van der Waals surface area (Å²) in [6.45, 7) is 0. The molecule has 2 heterocycles. The van der Waals surface area contributed by atoms with Crippen LogP contribution in [0.15, 0.2) is 173 Å². The van der Waals surface area contributed by atoms with Crippen LogP contribution in [0.4, 0.5) is 17.1 Å². The van der Waals surface area contributed by atoms with E-state index in [0.717, 1.165) is 60.9 Å². The van der Waals surface area contributed by atoms with Gasteiger partial charge < -0.3 is 13.7 Å². The molecule has 8 aromatic carbocycles. The molecule has 0 bridgehead atoms. The number of nitrogens with zero attached hydrogens (tertiary/aromatic N) is 1. The molecule has 1 aliphatic rings. The summed E-state index contributed by atoms with van der Waals surface area (Å²) < 4.78 is 12.7. The Morgan fingerprint density at radius 3 is 1.57 bits per heavy atom. The molecule has 11 rings (SSSR count). The third kappa shape index (κ3) is 4.38. The van der Waals surface area contributed by atoms with Crippen molar-refractivity contribution in [2.24, 2.45) is 0 Å². The number of furan rings is 2. The van der Waals surface area contributed by atoms with Gasteiger partial charge in [-0.3, -0.25) is 0 Å². The lowest BCUT2D eigenvalue weighted by Crippen LogP contribution is -2.09. The fraction of sp³-hybridized carbons (Fsp3) is 0. The van der Waals surface area contributed by atoms with Gasteiger partial charge in [-0.25, -0.2) is 0 Å². The molecule has 3 heteroatoms. The van der Waals surface area contributed by atoms with Gasteiger partial charge in [0.05, 0.1) is 0 Å². The number of rotatable bonds is 5. The maximum atomic E-state index is 6.35. The molecule has 0 radical (unpaired) electrons. The summed E-state index contributed by atoms with van der Waals surface area (Å²) in [5.74, 6) is 0. The molecular weight excluding hydrogens is 623 g/mol. The highest BCUT2D eigenvalue weighted by atomic mass is 16.3. The second-order valence-corrected chi connectivity index (χ2v) is 13.3. The van der Waals surface area contributed by atoms with Gasteiger partial charge in [0.15, 0.2) is 0 Å². The summed E-state index contributed by atoms with van der Waals surface area (Å²) in [5.41, 5.74) is 13.9. The molecular formula is C48H29NO2. The molecule has 238 valence electrons. The van der Waals surface area contributed by atoms with Gasteiger partial charge >= 0.3 is 0 Å². The Balaban J connectivity index is 1.06. The molecule has 0 amide bonds. The van der Waals surface area contributed by atoms with Crippen molar-refractivity contribution in [2.75, 3.05) is 4.90 Å². The summed E-state index contributed by atoms with van der Waals surface area (Å²) in [6.07, 6.45) is 4.48. The van der Waals surface area contributed by atoms with E-state index >= 15 is 0 Å². The van der Waals surface area contributed by atoms with Crippen LogP contribution in [0.2, 0.25) is 0 Å². The first-order valence-electron chi connectivity index (χ1n) is 17.3. The van der Waals surface area contributed by atoms with Gasteiger partial charge in [0.1, 0.15) is 22.3 Å². The maximum absolute atomic E-state index is 6.35. The second kappa shape index (κ2) is 10.8. The minimum absolute atomic E-state index is 0.857. The quantitative estimate of drug-likeness (QED) is 0.185. The third-order valence-electron chi connectivity index (χ3n) is 10.4. The summed E-state index contributed by atoms with van der Waals surface area (Å²) in [5, 5.41) is 7.05. The average molecular weight is 652 g/mol. The highest BCUT2D eigenvalue weighted by molar-refractivity contribution is 6.12. The van der Waals surface area contributed by atoms with E-state index in [9.17, 15) is 0 Å². The van der Waals surface area contributed by atoms with Crippen molar-refractivity contribution >= 4 is 83.9 Å². The predicted octanol–water partition coefficient (Wildman–Crippen LogP) is 13.9. The van der Waals surface area contributed by atoms with E-state index in [0.29, 0.717) is 0 Å². The van der Waals surface area contributed by atoms with E-state index in [4.69, 9.17) is 8.83 Å². The van der Waals surface area contributed by atoms with Crippen LogP contribution < -0.4 is 4.90 Å². The van der Waals surface area contributed by atoms with Crippen molar-refractivity contribution < 1.29 is 8.83 Å². The lowest BCUT2D eigenvalue weighted by Gasteiger charge is -2.25. The molecule has 0 spiro atoms. The summed E-state index contributed by atoms with van der Waals surface area (Å²) >= 11 is 0. The van der Waals surface area contributed by atoms with Crippen LogP contribution in [-0.4, -0.2) is 0 Å². The van der Waals surface area contributed by atoms with Crippen LogP contribution in [0.3, 0.4) is 0 Å². The van der Waals surface area contributed by atoms with Gasteiger partial charge in [-0.15, -0.1) is 0 Å². The van der Waals surface area contributed by atoms with Crippen LogP contribution in [0, 0.1) is 0 Å². The SMILES string of the molecule is C1=Cc2cc(-c3ccc(N(c4ccc5c(c4)oc4ccccc45)c4ccc5c(c4)oc4ccccc45)cc3)cc3c(-c4ccccc4)ccc1c23. The normalized spacial score (nSPS) is 12.2. The molecule has 1 aliphatic carbocycles. The molecule has 10 aromatic rings. The van der Waals surface area contributed by atoms with Crippen LogP contribution in [-0.2, 0) is 0 Å². The lowest BCUT2D eigenvalue weighted by atomic mass is 9.91. The standard InChI is InChI=1S/C48H29NO2/c1-2-8-31(9-3-1)38-23-18-32-14-15-33-26-34(27-43(38)48(32)33)30-16-19-35(20-17-30)49(36-21-24-41-39-10-4-6-12-44(39)50-46(41)28-36)37-22-25-42-40-11-5-7-13-45(40)51-47(42)29-37/h1-29H. The van der Waals surface area contributed by atoms with Crippen molar-refractivity contribution in [1.82, 2.24) is 0 Å². The van der Waals surface area contributed by atoms with Crippen LogP contribution in [0.25, 0.3) is 89.1 Å². The van der Waals surface area contributed by atoms with E-state index < -0.39 is 0 Å². The summed E-state index contributed by atoms with van der Waals surface area (Å²) in [4.78, 5) is 2.28. The predicted molar refractivity (Wildman–Crippen MR) is 213 cm³/mol. The first-order chi connectivity index (χ1) is 25.2. The van der Waals surface area contributed by atoms with Crippen molar-refractivity contribution in [2.45, 2.75) is 0 Å². The Morgan fingerprint density at radius 1 is 0.333 bits per heavy atom. The van der Waals surface area contributed by atoms with Crippen molar-refractivity contribution in [3.05, 3.63) is 175 Å². The minimum atomic E-state index is 0.857. The van der Waals surface area contributed by atoms with E-state index in [1.54, 1.807) is 0 Å². The minimum Gasteiger partial charge on any atom is -0.456 e. The maximum Gasteiger partial charge on any atom is 0.137 e. The molecule has 2 aromatic heterocycles. The van der Waals surface area contributed by atoms with E-state index in [-0.39, 0.29) is 0 Å². The fourth-order valence-corrected chi connectivity index (χ4v) is 7.99. The fourth-order valence-electron chi connectivity index (χ4n) is 7.99. The zero-order chi connectivity index (χ0) is 33.5. The van der Waals surface area contributed by atoms with Gasteiger partial charge in [-0.05, 0) is 105 Å². The topological polar surface area (TPSA) is 29.5 Å². The van der Waals surface area contributed by atoms with Crippen LogP contribution >= 0.6 is 0 Å². The lowest BCUT2D eigenvalue weighted by molar-refractivity contribution is 0.669. The van der Waals surface area contributed by atoms with Crippen LogP contribution in [0.1, 0.15) is 11.1 Å². The zero-order valence-electron chi connectivity index (χ0n) is 27.5. The summed E-state index contributed by atoms with van der Waals surface area (Å²) in [6, 6.07) is 58.2. The Bertz CT molecular complexity index is 2900. The number of hydrogen-bond acceptors (Lipinski definition) is 3. The van der Waals surface area contributed by atoms with Gasteiger partial charge in [0.2, 0.25) is 0 Å². The molecule has 0 atom stereocenters. The van der Waals surface area contributed by atoms with Gasteiger partial charge in [-0.2, -0.15) is 0 Å². The Labute approximate surface area is 293 Å². The first-order valence-corrected chi connectivity index (χ1v) is 17.3.